The monoisotopic (exact) mass is 550 g/mol. The minimum Gasteiger partial charge on any atom is -0.364 e. The van der Waals surface area contributed by atoms with E-state index in [1.54, 1.807) is 18.3 Å². The van der Waals surface area contributed by atoms with Gasteiger partial charge < -0.3 is 4.90 Å². The molecule has 0 unspecified atom stereocenters. The number of halogens is 2. The Morgan fingerprint density at radius 2 is 1.92 bits per heavy atom. The van der Waals surface area contributed by atoms with Gasteiger partial charge in [-0.2, -0.15) is 10.2 Å². The van der Waals surface area contributed by atoms with Crippen molar-refractivity contribution < 1.29 is 22.0 Å². The van der Waals surface area contributed by atoms with Crippen LogP contribution in [-0.4, -0.2) is 50.2 Å². The summed E-state index contributed by atoms with van der Waals surface area (Å²) in [5.41, 5.74) is 1.30. The first-order chi connectivity index (χ1) is 18.8. The smallest absolute Gasteiger partial charge is 0.268 e. The van der Waals surface area contributed by atoms with E-state index in [0.717, 1.165) is 24.8 Å². The van der Waals surface area contributed by atoms with Gasteiger partial charge in [-0.05, 0) is 55.3 Å². The average Bonchev–Trinajstić information content (AvgIpc) is 3.70. The van der Waals surface area contributed by atoms with Gasteiger partial charge in [-0.15, -0.1) is 0 Å². The summed E-state index contributed by atoms with van der Waals surface area (Å²) in [5, 5.41) is 8.09. The number of nitrogens with one attached hydrogen (secondary N) is 1. The van der Waals surface area contributed by atoms with Gasteiger partial charge in [-0.3, -0.25) is 4.79 Å². The topological polar surface area (TPSA) is 127 Å². The Labute approximate surface area is 220 Å². The Morgan fingerprint density at radius 1 is 1.05 bits per heavy atom. The van der Waals surface area contributed by atoms with Crippen LogP contribution in [-0.2, 0) is 10.0 Å². The molecule has 0 radical (unpaired) electrons. The van der Waals surface area contributed by atoms with Gasteiger partial charge in [0.1, 0.15) is 29.2 Å². The molecule has 1 aromatic carbocycles. The summed E-state index contributed by atoms with van der Waals surface area (Å²) < 4.78 is 59.1. The Balaban J connectivity index is 1.27. The van der Waals surface area contributed by atoms with Crippen molar-refractivity contribution in [1.82, 2.24) is 34.1 Å². The molecule has 6 rings (SSSR count). The second kappa shape index (κ2) is 9.54. The molecule has 0 spiro atoms. The number of aromatic nitrogens is 6. The third kappa shape index (κ3) is 4.58. The maximum absolute atomic E-state index is 14.5. The summed E-state index contributed by atoms with van der Waals surface area (Å²) >= 11 is 0. The molecule has 198 valence electrons. The number of amides is 1. The van der Waals surface area contributed by atoms with E-state index in [1.807, 2.05) is 4.90 Å². The minimum atomic E-state index is -4.25. The van der Waals surface area contributed by atoms with Crippen LogP contribution in [0.2, 0.25) is 0 Å². The molecule has 1 N–H and O–H groups in total. The van der Waals surface area contributed by atoms with E-state index in [0.29, 0.717) is 30.0 Å². The Morgan fingerprint density at radius 3 is 2.69 bits per heavy atom. The van der Waals surface area contributed by atoms with Gasteiger partial charge in [0.25, 0.3) is 15.9 Å². The van der Waals surface area contributed by atoms with Crippen molar-refractivity contribution in [2.45, 2.75) is 23.8 Å². The van der Waals surface area contributed by atoms with Crippen LogP contribution in [0.1, 0.15) is 34.8 Å². The van der Waals surface area contributed by atoms with Crippen LogP contribution in [0.3, 0.4) is 0 Å². The van der Waals surface area contributed by atoms with Gasteiger partial charge in [-0.25, -0.2) is 41.1 Å². The molecule has 1 amide bonds. The highest BCUT2D eigenvalue weighted by atomic mass is 32.2. The number of sulfonamides is 1. The van der Waals surface area contributed by atoms with Crippen molar-refractivity contribution in [3.63, 3.8) is 0 Å². The molecule has 1 saturated heterocycles. The summed E-state index contributed by atoms with van der Waals surface area (Å²) in [5.74, 6) is -1.54. The quantitative estimate of drug-likeness (QED) is 0.342. The number of hydrogen-bond donors (Lipinski definition) is 1. The molecule has 1 fully saturated rings. The molecule has 1 aliphatic rings. The van der Waals surface area contributed by atoms with Crippen LogP contribution < -0.4 is 9.62 Å². The first-order valence-corrected chi connectivity index (χ1v) is 13.4. The molecule has 14 heteroatoms. The number of hydrogen-bond acceptors (Lipinski definition) is 8. The first-order valence-electron chi connectivity index (χ1n) is 11.9. The standard InChI is InChI=1S/C25H20F2N8O3S/c26-16-3-5-21(27)19(10-16)22-2-1-8-33(22)17-7-9-34-23(11-17)20(13-30-34)25(36)32-39(37,38)18-4-6-24(29-12-18)35-15-28-14-31-35/h3-7,9-15,22H,1-2,8H2,(H,32,36)/t22-/m0/s1. The normalized spacial score (nSPS) is 15.6. The van der Waals surface area contributed by atoms with Crippen molar-refractivity contribution in [3.05, 3.63) is 96.5 Å². The van der Waals surface area contributed by atoms with Gasteiger partial charge >= 0.3 is 0 Å². The summed E-state index contributed by atoms with van der Waals surface area (Å²) in [6, 6.07) is 9.17. The van der Waals surface area contributed by atoms with Crippen molar-refractivity contribution in [2.75, 3.05) is 11.4 Å². The van der Waals surface area contributed by atoms with Crippen LogP contribution in [0.15, 0.2) is 78.6 Å². The van der Waals surface area contributed by atoms with Crippen LogP contribution in [0.25, 0.3) is 11.3 Å². The lowest BCUT2D eigenvalue weighted by Crippen LogP contribution is -2.30. The minimum absolute atomic E-state index is 0.0281. The van der Waals surface area contributed by atoms with Crippen LogP contribution in [0.5, 0.6) is 0 Å². The van der Waals surface area contributed by atoms with Gasteiger partial charge in [0.15, 0.2) is 5.82 Å². The molecule has 4 aromatic heterocycles. The number of carbonyl (C=O) groups excluding carboxylic acids is 1. The van der Waals surface area contributed by atoms with E-state index in [4.69, 9.17) is 0 Å². The number of anilines is 1. The number of benzene rings is 1. The van der Waals surface area contributed by atoms with Crippen molar-refractivity contribution in [2.24, 2.45) is 0 Å². The zero-order valence-electron chi connectivity index (χ0n) is 20.1. The second-order valence-electron chi connectivity index (χ2n) is 8.92. The van der Waals surface area contributed by atoms with Crippen molar-refractivity contribution in [3.8, 4) is 5.82 Å². The lowest BCUT2D eigenvalue weighted by Gasteiger charge is -2.27. The third-order valence-corrected chi connectivity index (χ3v) is 7.88. The third-order valence-electron chi connectivity index (χ3n) is 6.56. The molecule has 0 saturated carbocycles. The molecule has 0 aliphatic carbocycles. The zero-order valence-corrected chi connectivity index (χ0v) is 21.0. The fourth-order valence-electron chi connectivity index (χ4n) is 4.72. The number of nitrogens with zero attached hydrogens (tertiary/aromatic N) is 7. The number of pyridine rings is 2. The highest BCUT2D eigenvalue weighted by Crippen LogP contribution is 2.38. The fraction of sp³-hybridized carbons (Fsp3) is 0.160. The first kappa shape index (κ1) is 24.6. The van der Waals surface area contributed by atoms with E-state index in [2.05, 4.69) is 24.9 Å². The Bertz CT molecular complexity index is 1790. The maximum Gasteiger partial charge on any atom is 0.268 e. The number of fused-ring (bicyclic) bond motifs is 1. The van der Waals surface area contributed by atoms with E-state index < -0.39 is 33.6 Å². The van der Waals surface area contributed by atoms with E-state index in [-0.39, 0.29) is 16.0 Å². The Kier molecular flexibility index (Phi) is 6.02. The lowest BCUT2D eigenvalue weighted by atomic mass is 10.0. The van der Waals surface area contributed by atoms with Gasteiger partial charge in [0.05, 0.1) is 23.3 Å². The molecule has 1 aliphatic heterocycles. The van der Waals surface area contributed by atoms with E-state index in [1.165, 1.54) is 46.2 Å². The summed E-state index contributed by atoms with van der Waals surface area (Å²) in [6.45, 7) is 0.596. The predicted octanol–water partition coefficient (Wildman–Crippen LogP) is 3.05. The zero-order chi connectivity index (χ0) is 27.1. The molecule has 1 atom stereocenters. The summed E-state index contributed by atoms with van der Waals surface area (Å²) in [6.07, 6.45) is 8.12. The predicted molar refractivity (Wildman–Crippen MR) is 135 cm³/mol. The highest BCUT2D eigenvalue weighted by Gasteiger charge is 2.30. The second-order valence-corrected chi connectivity index (χ2v) is 10.6. The number of carbonyl (C=O) groups is 1. The molecular weight excluding hydrogens is 530 g/mol. The Hall–Kier alpha value is -4.72. The van der Waals surface area contributed by atoms with Crippen LogP contribution in [0.4, 0.5) is 14.5 Å². The molecule has 11 nitrogen and oxygen atoms in total. The highest BCUT2D eigenvalue weighted by molar-refractivity contribution is 7.90. The largest absolute Gasteiger partial charge is 0.364 e. The number of rotatable bonds is 6. The van der Waals surface area contributed by atoms with Gasteiger partial charge in [-0.1, -0.05) is 0 Å². The average molecular weight is 551 g/mol. The van der Waals surface area contributed by atoms with Crippen LogP contribution in [0, 0.1) is 11.6 Å². The van der Waals surface area contributed by atoms with Gasteiger partial charge in [0.2, 0.25) is 0 Å². The molecule has 5 aromatic rings. The van der Waals surface area contributed by atoms with E-state index in [9.17, 15) is 22.0 Å². The molecular formula is C25H20F2N8O3S. The molecule has 0 bridgehead atoms. The van der Waals surface area contributed by atoms with Crippen molar-refractivity contribution >= 4 is 27.1 Å². The fourth-order valence-corrected chi connectivity index (χ4v) is 5.63. The van der Waals surface area contributed by atoms with Crippen molar-refractivity contribution in [1.29, 1.82) is 0 Å². The lowest BCUT2D eigenvalue weighted by molar-refractivity contribution is 0.0983. The van der Waals surface area contributed by atoms with Crippen LogP contribution >= 0.6 is 0 Å². The maximum atomic E-state index is 14.5. The summed E-state index contributed by atoms with van der Waals surface area (Å²) in [7, 11) is -4.25. The SMILES string of the molecule is O=C(NS(=O)(=O)c1ccc(-n2cncn2)nc1)c1cnn2ccc(N3CCC[C@H]3c3cc(F)ccc3F)cc12. The molecule has 5 heterocycles. The molecule has 39 heavy (non-hydrogen) atoms. The van der Waals surface area contributed by atoms with Gasteiger partial charge in [0, 0.05) is 30.2 Å². The summed E-state index contributed by atoms with van der Waals surface area (Å²) in [4.78, 5) is 22.7. The van der Waals surface area contributed by atoms with E-state index >= 15 is 0 Å².